The lowest BCUT2D eigenvalue weighted by molar-refractivity contribution is -0.0248. The fraction of sp³-hybridized carbons (Fsp3) is 0.250. The molecule has 1 aromatic carbocycles. The molecule has 1 atom stereocenters. The van der Waals surface area contributed by atoms with Crippen molar-refractivity contribution in [3.63, 3.8) is 0 Å². The molecule has 0 bridgehead atoms. The standard InChI is InChI=1S/C24H24N6O2/c1-15-6-7-19-18(11-15)23(29-28-19)24(31)30-9-10-32-21(14-30)20-13-17(12-16(2)26-20)27-22-5-3-4-8-25-22/h3-8,11-13,21H,9-10,14H2,1-2H3,(H,28,29)(H,25,26,27)/t21-/m0/s1. The minimum atomic E-state index is -0.316. The molecule has 4 aromatic rings. The Morgan fingerprint density at radius 3 is 2.94 bits per heavy atom. The maximum atomic E-state index is 13.3. The van der Waals surface area contributed by atoms with Crippen LogP contribution in [-0.4, -0.2) is 50.7 Å². The molecule has 2 N–H and O–H groups in total. The maximum Gasteiger partial charge on any atom is 0.275 e. The summed E-state index contributed by atoms with van der Waals surface area (Å²) in [6.45, 7) is 5.32. The highest BCUT2D eigenvalue weighted by molar-refractivity contribution is 6.04. The molecule has 0 unspecified atom stereocenters. The Morgan fingerprint density at radius 2 is 2.09 bits per heavy atom. The van der Waals surface area contributed by atoms with Crippen molar-refractivity contribution in [2.45, 2.75) is 20.0 Å². The first-order chi connectivity index (χ1) is 15.6. The number of fused-ring (bicyclic) bond motifs is 1. The number of H-pyrrole nitrogens is 1. The van der Waals surface area contributed by atoms with Crippen LogP contribution in [0.4, 0.5) is 11.5 Å². The average Bonchev–Trinajstić information content (AvgIpc) is 3.22. The van der Waals surface area contributed by atoms with Gasteiger partial charge in [-0.2, -0.15) is 5.10 Å². The summed E-state index contributed by atoms with van der Waals surface area (Å²) in [5, 5.41) is 11.4. The van der Waals surface area contributed by atoms with Crippen molar-refractivity contribution in [1.29, 1.82) is 0 Å². The quantitative estimate of drug-likeness (QED) is 0.511. The van der Waals surface area contributed by atoms with Crippen LogP contribution in [0.1, 0.15) is 33.5 Å². The zero-order valence-electron chi connectivity index (χ0n) is 18.0. The molecule has 8 heteroatoms. The van der Waals surface area contributed by atoms with Crippen molar-refractivity contribution in [3.8, 4) is 0 Å². The Kier molecular flexibility index (Phi) is 5.28. The smallest absolute Gasteiger partial charge is 0.275 e. The number of morpholine rings is 1. The Morgan fingerprint density at radius 1 is 1.19 bits per heavy atom. The summed E-state index contributed by atoms with van der Waals surface area (Å²) in [5.74, 6) is 0.653. The number of aromatic amines is 1. The Bertz CT molecular complexity index is 1270. The van der Waals surface area contributed by atoms with Crippen molar-refractivity contribution in [2.24, 2.45) is 0 Å². The molecule has 4 heterocycles. The molecule has 162 valence electrons. The van der Waals surface area contributed by atoms with Gasteiger partial charge in [0.1, 0.15) is 11.9 Å². The molecule has 1 fully saturated rings. The summed E-state index contributed by atoms with van der Waals surface area (Å²) in [5.41, 5.74) is 4.91. The molecule has 0 saturated carbocycles. The first kappa shape index (κ1) is 20.1. The molecule has 3 aromatic heterocycles. The lowest BCUT2D eigenvalue weighted by Gasteiger charge is -2.32. The number of benzene rings is 1. The van der Waals surface area contributed by atoms with E-state index in [0.29, 0.717) is 25.4 Å². The predicted molar refractivity (Wildman–Crippen MR) is 122 cm³/mol. The third-order valence-corrected chi connectivity index (χ3v) is 5.51. The number of rotatable bonds is 4. The largest absolute Gasteiger partial charge is 0.368 e. The molecule has 1 aliphatic rings. The first-order valence-electron chi connectivity index (χ1n) is 10.6. The number of amides is 1. The fourth-order valence-corrected chi connectivity index (χ4v) is 3.97. The summed E-state index contributed by atoms with van der Waals surface area (Å²) < 4.78 is 6.00. The van der Waals surface area contributed by atoms with Crippen LogP contribution >= 0.6 is 0 Å². The molecular formula is C24H24N6O2. The van der Waals surface area contributed by atoms with Gasteiger partial charge in [0.15, 0.2) is 5.69 Å². The molecule has 8 nitrogen and oxygen atoms in total. The van der Waals surface area contributed by atoms with Gasteiger partial charge in [-0.25, -0.2) is 4.98 Å². The van der Waals surface area contributed by atoms with E-state index in [9.17, 15) is 4.79 Å². The predicted octanol–water partition coefficient (Wildman–Crippen LogP) is 3.93. The second kappa shape index (κ2) is 8.39. The third kappa shape index (κ3) is 4.04. The number of hydrogen-bond donors (Lipinski definition) is 2. The van der Waals surface area contributed by atoms with E-state index >= 15 is 0 Å². The monoisotopic (exact) mass is 428 g/mol. The lowest BCUT2D eigenvalue weighted by Crippen LogP contribution is -2.42. The van der Waals surface area contributed by atoms with Crippen LogP contribution in [0.25, 0.3) is 10.9 Å². The van der Waals surface area contributed by atoms with E-state index in [1.807, 2.05) is 62.4 Å². The molecule has 0 aliphatic carbocycles. The van der Waals surface area contributed by atoms with E-state index in [1.54, 1.807) is 11.1 Å². The van der Waals surface area contributed by atoms with E-state index in [1.165, 1.54) is 0 Å². The number of aryl methyl sites for hydroxylation is 2. The van der Waals surface area contributed by atoms with Gasteiger partial charge in [-0.1, -0.05) is 17.7 Å². The van der Waals surface area contributed by atoms with Gasteiger partial charge >= 0.3 is 0 Å². The molecular weight excluding hydrogens is 404 g/mol. The average molecular weight is 428 g/mol. The molecule has 0 radical (unpaired) electrons. The van der Waals surface area contributed by atoms with Gasteiger partial charge in [0.2, 0.25) is 0 Å². The molecule has 1 aliphatic heterocycles. The topological polar surface area (TPSA) is 96.0 Å². The molecule has 5 rings (SSSR count). The Hall–Kier alpha value is -3.78. The van der Waals surface area contributed by atoms with E-state index < -0.39 is 0 Å². The minimum absolute atomic E-state index is 0.102. The third-order valence-electron chi connectivity index (χ3n) is 5.51. The van der Waals surface area contributed by atoms with Gasteiger partial charge in [-0.15, -0.1) is 0 Å². The van der Waals surface area contributed by atoms with Crippen LogP contribution in [0.5, 0.6) is 0 Å². The zero-order chi connectivity index (χ0) is 22.1. The SMILES string of the molecule is Cc1ccc2[nH]nc(C(=O)N3CCO[C@H](c4cc(Nc5ccccn5)cc(C)n4)C3)c2c1. The number of anilines is 2. The van der Waals surface area contributed by atoms with Crippen LogP contribution in [0.3, 0.4) is 0 Å². The van der Waals surface area contributed by atoms with Crippen molar-refractivity contribution < 1.29 is 9.53 Å². The van der Waals surface area contributed by atoms with Gasteiger partial charge in [0.05, 0.1) is 24.4 Å². The van der Waals surface area contributed by atoms with Crippen molar-refractivity contribution in [3.05, 3.63) is 77.4 Å². The number of ether oxygens (including phenoxy) is 1. The first-order valence-corrected chi connectivity index (χ1v) is 10.6. The van der Waals surface area contributed by atoms with Gasteiger partial charge in [0.25, 0.3) is 5.91 Å². The van der Waals surface area contributed by atoms with Gasteiger partial charge < -0.3 is 15.0 Å². The fourth-order valence-electron chi connectivity index (χ4n) is 3.97. The van der Waals surface area contributed by atoms with Crippen molar-refractivity contribution in [2.75, 3.05) is 25.0 Å². The normalized spacial score (nSPS) is 16.3. The zero-order valence-corrected chi connectivity index (χ0v) is 18.0. The van der Waals surface area contributed by atoms with Crippen LogP contribution in [0.2, 0.25) is 0 Å². The van der Waals surface area contributed by atoms with Crippen LogP contribution in [0, 0.1) is 13.8 Å². The molecule has 32 heavy (non-hydrogen) atoms. The number of nitrogens with zero attached hydrogens (tertiary/aromatic N) is 4. The summed E-state index contributed by atoms with van der Waals surface area (Å²) in [6.07, 6.45) is 1.43. The molecule has 1 saturated heterocycles. The minimum Gasteiger partial charge on any atom is -0.368 e. The maximum absolute atomic E-state index is 13.3. The van der Waals surface area contributed by atoms with Crippen molar-refractivity contribution >= 4 is 28.3 Å². The number of carbonyl (C=O) groups excluding carboxylic acids is 1. The summed E-state index contributed by atoms with van der Waals surface area (Å²) in [4.78, 5) is 24.1. The van der Waals surface area contributed by atoms with E-state index in [-0.39, 0.29) is 12.0 Å². The van der Waals surface area contributed by atoms with E-state index in [0.717, 1.165) is 39.4 Å². The van der Waals surface area contributed by atoms with Gasteiger partial charge in [0, 0.05) is 29.5 Å². The van der Waals surface area contributed by atoms with E-state index in [2.05, 4.69) is 25.5 Å². The van der Waals surface area contributed by atoms with E-state index in [4.69, 9.17) is 4.74 Å². The highest BCUT2D eigenvalue weighted by Gasteiger charge is 2.29. The Labute approximate surface area is 185 Å². The van der Waals surface area contributed by atoms with Crippen LogP contribution in [0.15, 0.2) is 54.7 Å². The second-order valence-corrected chi connectivity index (χ2v) is 7.99. The lowest BCUT2D eigenvalue weighted by atomic mass is 10.1. The van der Waals surface area contributed by atoms with Crippen molar-refractivity contribution in [1.82, 2.24) is 25.1 Å². The molecule has 1 amide bonds. The number of carbonyl (C=O) groups is 1. The summed E-state index contributed by atoms with van der Waals surface area (Å²) >= 11 is 0. The number of aromatic nitrogens is 4. The number of hydrogen-bond acceptors (Lipinski definition) is 6. The van der Waals surface area contributed by atoms with Crippen LogP contribution in [-0.2, 0) is 4.74 Å². The Balaban J connectivity index is 1.38. The molecule has 0 spiro atoms. The number of pyridine rings is 2. The van der Waals surface area contributed by atoms with Crippen LogP contribution < -0.4 is 5.32 Å². The van der Waals surface area contributed by atoms with Gasteiger partial charge in [-0.3, -0.25) is 14.9 Å². The van der Waals surface area contributed by atoms with Gasteiger partial charge in [-0.05, 0) is 50.2 Å². The second-order valence-electron chi connectivity index (χ2n) is 7.99. The highest BCUT2D eigenvalue weighted by atomic mass is 16.5. The summed E-state index contributed by atoms with van der Waals surface area (Å²) in [7, 11) is 0. The highest BCUT2D eigenvalue weighted by Crippen LogP contribution is 2.27. The summed E-state index contributed by atoms with van der Waals surface area (Å²) in [6, 6.07) is 15.6. The number of nitrogens with one attached hydrogen (secondary N) is 2.